The molecular weight excluding hydrogens is 340 g/mol. The SMILES string of the molecule is COc1ccc(CCCC(=O)N2CCNCC2c2ccccc2OC)cc1. The number of methoxy groups -OCH3 is 2. The molecule has 1 heterocycles. The Kier molecular flexibility index (Phi) is 6.71. The second-order valence-corrected chi connectivity index (χ2v) is 6.75. The summed E-state index contributed by atoms with van der Waals surface area (Å²) in [6, 6.07) is 16.0. The molecule has 2 aromatic carbocycles. The molecule has 0 bridgehead atoms. The molecular formula is C22H28N2O3. The zero-order valence-electron chi connectivity index (χ0n) is 16.1. The summed E-state index contributed by atoms with van der Waals surface area (Å²) in [6.45, 7) is 2.31. The van der Waals surface area contributed by atoms with Crippen molar-refractivity contribution in [1.29, 1.82) is 0 Å². The van der Waals surface area contributed by atoms with E-state index >= 15 is 0 Å². The van der Waals surface area contributed by atoms with Gasteiger partial charge in [-0.3, -0.25) is 4.79 Å². The smallest absolute Gasteiger partial charge is 0.223 e. The third-order valence-electron chi connectivity index (χ3n) is 5.08. The summed E-state index contributed by atoms with van der Waals surface area (Å²) >= 11 is 0. The van der Waals surface area contributed by atoms with Gasteiger partial charge in [0.1, 0.15) is 11.5 Å². The van der Waals surface area contributed by atoms with Crippen molar-refractivity contribution in [2.45, 2.75) is 25.3 Å². The van der Waals surface area contributed by atoms with Gasteiger partial charge in [0.15, 0.2) is 0 Å². The third-order valence-corrected chi connectivity index (χ3v) is 5.08. The lowest BCUT2D eigenvalue weighted by Gasteiger charge is -2.37. The Hall–Kier alpha value is -2.53. The maximum atomic E-state index is 12.9. The van der Waals surface area contributed by atoms with Gasteiger partial charge in [0, 0.05) is 31.6 Å². The first-order valence-corrected chi connectivity index (χ1v) is 9.49. The van der Waals surface area contributed by atoms with Crippen molar-refractivity contribution >= 4 is 5.91 Å². The summed E-state index contributed by atoms with van der Waals surface area (Å²) in [5.74, 6) is 1.90. The summed E-state index contributed by atoms with van der Waals surface area (Å²) in [5, 5.41) is 3.40. The van der Waals surface area contributed by atoms with Gasteiger partial charge in [-0.2, -0.15) is 0 Å². The summed E-state index contributed by atoms with van der Waals surface area (Å²) in [7, 11) is 3.34. The maximum absolute atomic E-state index is 12.9. The average Bonchev–Trinajstić information content (AvgIpc) is 2.74. The number of benzene rings is 2. The van der Waals surface area contributed by atoms with Crippen LogP contribution in [0.2, 0.25) is 0 Å². The highest BCUT2D eigenvalue weighted by atomic mass is 16.5. The van der Waals surface area contributed by atoms with Crippen LogP contribution in [0.5, 0.6) is 11.5 Å². The minimum absolute atomic E-state index is 0.0170. The molecule has 1 N–H and O–H groups in total. The van der Waals surface area contributed by atoms with Crippen LogP contribution >= 0.6 is 0 Å². The maximum Gasteiger partial charge on any atom is 0.223 e. The Morgan fingerprint density at radius 2 is 1.89 bits per heavy atom. The quantitative estimate of drug-likeness (QED) is 0.815. The fourth-order valence-corrected chi connectivity index (χ4v) is 3.60. The molecule has 5 heteroatoms. The third kappa shape index (κ3) is 4.80. The highest BCUT2D eigenvalue weighted by Gasteiger charge is 2.29. The average molecular weight is 368 g/mol. The van der Waals surface area contributed by atoms with Crippen molar-refractivity contribution < 1.29 is 14.3 Å². The van der Waals surface area contributed by atoms with Gasteiger partial charge in [0.25, 0.3) is 0 Å². The van der Waals surface area contributed by atoms with Crippen LogP contribution in [-0.2, 0) is 11.2 Å². The second kappa shape index (κ2) is 9.42. The van der Waals surface area contributed by atoms with Gasteiger partial charge in [-0.25, -0.2) is 0 Å². The molecule has 1 saturated heterocycles. The summed E-state index contributed by atoms with van der Waals surface area (Å²) in [4.78, 5) is 14.9. The molecule has 1 fully saturated rings. The monoisotopic (exact) mass is 368 g/mol. The first-order chi connectivity index (χ1) is 13.2. The van der Waals surface area contributed by atoms with E-state index in [-0.39, 0.29) is 11.9 Å². The molecule has 1 atom stereocenters. The largest absolute Gasteiger partial charge is 0.497 e. The molecule has 0 aliphatic carbocycles. The fraction of sp³-hybridized carbons (Fsp3) is 0.409. The Morgan fingerprint density at radius 1 is 1.11 bits per heavy atom. The van der Waals surface area contributed by atoms with Crippen LogP contribution in [0.3, 0.4) is 0 Å². The normalized spacial score (nSPS) is 16.8. The highest BCUT2D eigenvalue weighted by molar-refractivity contribution is 5.77. The first kappa shape index (κ1) is 19.2. The van der Waals surface area contributed by atoms with Gasteiger partial charge >= 0.3 is 0 Å². The minimum Gasteiger partial charge on any atom is -0.497 e. The molecule has 144 valence electrons. The van der Waals surface area contributed by atoms with E-state index in [1.165, 1.54) is 5.56 Å². The molecule has 1 unspecified atom stereocenters. The van der Waals surface area contributed by atoms with E-state index in [4.69, 9.17) is 9.47 Å². The summed E-state index contributed by atoms with van der Waals surface area (Å²) < 4.78 is 10.7. The fourth-order valence-electron chi connectivity index (χ4n) is 3.60. The van der Waals surface area contributed by atoms with Gasteiger partial charge in [0.05, 0.1) is 20.3 Å². The van der Waals surface area contributed by atoms with E-state index in [0.717, 1.165) is 49.5 Å². The van der Waals surface area contributed by atoms with Crippen LogP contribution in [0, 0.1) is 0 Å². The van der Waals surface area contributed by atoms with E-state index < -0.39 is 0 Å². The molecule has 3 rings (SSSR count). The number of nitrogens with one attached hydrogen (secondary N) is 1. The number of ether oxygens (including phenoxy) is 2. The molecule has 1 aliphatic heterocycles. The van der Waals surface area contributed by atoms with Gasteiger partial charge in [0.2, 0.25) is 5.91 Å². The van der Waals surface area contributed by atoms with Crippen LogP contribution in [-0.4, -0.2) is 44.7 Å². The molecule has 1 amide bonds. The van der Waals surface area contributed by atoms with Gasteiger partial charge in [-0.05, 0) is 36.6 Å². The summed E-state index contributed by atoms with van der Waals surface area (Å²) in [5.41, 5.74) is 2.29. The topological polar surface area (TPSA) is 50.8 Å². The number of amides is 1. The minimum atomic E-state index is 0.0170. The van der Waals surface area contributed by atoms with E-state index in [1.807, 2.05) is 41.3 Å². The van der Waals surface area contributed by atoms with Crippen molar-refractivity contribution in [3.05, 3.63) is 59.7 Å². The van der Waals surface area contributed by atoms with Crippen LogP contribution in [0.25, 0.3) is 0 Å². The lowest BCUT2D eigenvalue weighted by Crippen LogP contribution is -2.48. The van der Waals surface area contributed by atoms with E-state index in [0.29, 0.717) is 6.42 Å². The number of para-hydroxylation sites is 1. The number of hydrogen-bond donors (Lipinski definition) is 1. The van der Waals surface area contributed by atoms with Crippen molar-refractivity contribution in [3.8, 4) is 11.5 Å². The van der Waals surface area contributed by atoms with E-state index in [9.17, 15) is 4.79 Å². The van der Waals surface area contributed by atoms with Crippen molar-refractivity contribution in [3.63, 3.8) is 0 Å². The standard InChI is InChI=1S/C22H28N2O3/c1-26-18-12-10-17(11-13-18)6-5-9-22(25)24-15-14-23-16-20(24)19-7-3-4-8-21(19)27-2/h3-4,7-8,10-13,20,23H,5-6,9,14-16H2,1-2H3. The van der Waals surface area contributed by atoms with Crippen LogP contribution in [0.4, 0.5) is 0 Å². The molecule has 2 aromatic rings. The van der Waals surface area contributed by atoms with Gasteiger partial charge < -0.3 is 19.7 Å². The molecule has 5 nitrogen and oxygen atoms in total. The van der Waals surface area contributed by atoms with E-state index in [1.54, 1.807) is 14.2 Å². The van der Waals surface area contributed by atoms with Crippen LogP contribution in [0.1, 0.15) is 30.0 Å². The first-order valence-electron chi connectivity index (χ1n) is 9.49. The second-order valence-electron chi connectivity index (χ2n) is 6.75. The van der Waals surface area contributed by atoms with Crippen molar-refractivity contribution in [2.24, 2.45) is 0 Å². The van der Waals surface area contributed by atoms with Crippen LogP contribution < -0.4 is 14.8 Å². The Labute approximate surface area is 161 Å². The van der Waals surface area contributed by atoms with E-state index in [2.05, 4.69) is 17.4 Å². The lowest BCUT2D eigenvalue weighted by atomic mass is 10.0. The van der Waals surface area contributed by atoms with Gasteiger partial charge in [-0.15, -0.1) is 0 Å². The molecule has 0 aromatic heterocycles. The molecule has 0 saturated carbocycles. The number of aryl methyl sites for hydroxylation is 1. The zero-order valence-corrected chi connectivity index (χ0v) is 16.1. The number of piperazine rings is 1. The predicted octanol–water partition coefficient (Wildman–Crippen LogP) is 3.20. The highest BCUT2D eigenvalue weighted by Crippen LogP contribution is 2.30. The Morgan fingerprint density at radius 3 is 2.63 bits per heavy atom. The molecule has 0 spiro atoms. The van der Waals surface area contributed by atoms with Crippen molar-refractivity contribution in [2.75, 3.05) is 33.9 Å². The number of carbonyl (C=O) groups is 1. The number of nitrogens with zero attached hydrogens (tertiary/aromatic N) is 1. The molecule has 1 aliphatic rings. The van der Waals surface area contributed by atoms with Gasteiger partial charge in [-0.1, -0.05) is 30.3 Å². The lowest BCUT2D eigenvalue weighted by molar-refractivity contribution is -0.134. The Balaban J connectivity index is 1.61. The molecule has 27 heavy (non-hydrogen) atoms. The molecule has 0 radical (unpaired) electrons. The zero-order chi connectivity index (χ0) is 19.1. The van der Waals surface area contributed by atoms with Crippen LogP contribution in [0.15, 0.2) is 48.5 Å². The Bertz CT molecular complexity index is 745. The number of rotatable bonds is 7. The summed E-state index contributed by atoms with van der Waals surface area (Å²) in [6.07, 6.45) is 2.28. The van der Waals surface area contributed by atoms with Crippen molar-refractivity contribution in [1.82, 2.24) is 10.2 Å². The predicted molar refractivity (Wildman–Crippen MR) is 106 cm³/mol. The number of hydrogen-bond acceptors (Lipinski definition) is 4. The number of carbonyl (C=O) groups excluding carboxylic acids is 1.